The Bertz CT molecular complexity index is 1210. The molecule has 10 heteroatoms. The third-order valence-corrected chi connectivity index (χ3v) is 5.77. The maximum absolute atomic E-state index is 14.0. The van der Waals surface area contributed by atoms with E-state index < -0.39 is 17.5 Å². The molecule has 0 radical (unpaired) electrons. The second-order valence-electron chi connectivity index (χ2n) is 7.16. The molecule has 1 aromatic heterocycles. The standard InChI is InChI=1S/C23H19F2N3O4S/c1-28(11-14-4-5-15(24)9-18(14)25)23(30)17-3-2-8-26-22(17)33-12-21(29)27-16-6-7-19-20(10-16)32-13-31-19/h2-10H,11-13H2,1H3,(H,27,29). The summed E-state index contributed by atoms with van der Waals surface area (Å²) < 4.78 is 37.6. The second-order valence-corrected chi connectivity index (χ2v) is 8.12. The van der Waals surface area contributed by atoms with Gasteiger partial charge in [-0.15, -0.1) is 0 Å². The van der Waals surface area contributed by atoms with Gasteiger partial charge >= 0.3 is 0 Å². The number of thioether (sulfide) groups is 1. The van der Waals surface area contributed by atoms with Crippen molar-refractivity contribution in [3.63, 3.8) is 0 Å². The molecule has 2 heterocycles. The molecule has 0 fully saturated rings. The fourth-order valence-electron chi connectivity index (χ4n) is 3.16. The Hall–Kier alpha value is -3.66. The minimum absolute atomic E-state index is 0.0159. The number of benzene rings is 2. The van der Waals surface area contributed by atoms with Gasteiger partial charge in [-0.25, -0.2) is 13.8 Å². The number of ether oxygens (including phenoxy) is 2. The summed E-state index contributed by atoms with van der Waals surface area (Å²) in [5.41, 5.74) is 1.03. The van der Waals surface area contributed by atoms with Crippen LogP contribution in [0.1, 0.15) is 15.9 Å². The largest absolute Gasteiger partial charge is 0.454 e. The number of nitrogens with one attached hydrogen (secondary N) is 1. The molecule has 2 amide bonds. The summed E-state index contributed by atoms with van der Waals surface area (Å²) in [5, 5.41) is 3.14. The summed E-state index contributed by atoms with van der Waals surface area (Å²) in [7, 11) is 1.51. The number of halogens is 2. The molecule has 170 valence electrons. The fourth-order valence-corrected chi connectivity index (χ4v) is 3.94. The third kappa shape index (κ3) is 5.40. The van der Waals surface area contributed by atoms with Crippen molar-refractivity contribution in [1.82, 2.24) is 9.88 Å². The SMILES string of the molecule is CN(Cc1ccc(F)cc1F)C(=O)c1cccnc1SCC(=O)Nc1ccc2c(c1)OCO2. The normalized spacial score (nSPS) is 11.8. The minimum atomic E-state index is -0.726. The summed E-state index contributed by atoms with van der Waals surface area (Å²) >= 11 is 1.11. The van der Waals surface area contributed by atoms with Crippen LogP contribution in [0, 0.1) is 11.6 Å². The predicted molar refractivity (Wildman–Crippen MR) is 118 cm³/mol. The number of hydrogen-bond acceptors (Lipinski definition) is 6. The third-order valence-electron chi connectivity index (χ3n) is 4.77. The van der Waals surface area contributed by atoms with E-state index in [2.05, 4.69) is 10.3 Å². The van der Waals surface area contributed by atoms with Crippen LogP contribution in [-0.2, 0) is 11.3 Å². The Morgan fingerprint density at radius 2 is 1.94 bits per heavy atom. The molecule has 0 unspecified atom stereocenters. The number of amides is 2. The average molecular weight is 471 g/mol. The van der Waals surface area contributed by atoms with E-state index in [0.717, 1.165) is 23.9 Å². The Morgan fingerprint density at radius 1 is 1.12 bits per heavy atom. The molecule has 4 rings (SSSR count). The minimum Gasteiger partial charge on any atom is -0.454 e. The van der Waals surface area contributed by atoms with Crippen LogP contribution in [0.25, 0.3) is 0 Å². The molecule has 0 atom stereocenters. The molecule has 1 aliphatic heterocycles. The number of anilines is 1. The van der Waals surface area contributed by atoms with E-state index in [0.29, 0.717) is 22.2 Å². The van der Waals surface area contributed by atoms with Gasteiger partial charge in [-0.1, -0.05) is 17.8 Å². The van der Waals surface area contributed by atoms with Crippen molar-refractivity contribution >= 4 is 29.3 Å². The first kappa shape index (κ1) is 22.5. The van der Waals surface area contributed by atoms with Gasteiger partial charge in [0.1, 0.15) is 16.7 Å². The van der Waals surface area contributed by atoms with Crippen molar-refractivity contribution in [2.75, 3.05) is 24.9 Å². The first-order valence-corrected chi connectivity index (χ1v) is 10.9. The maximum Gasteiger partial charge on any atom is 0.256 e. The number of carbonyl (C=O) groups is 2. The highest BCUT2D eigenvalue weighted by molar-refractivity contribution is 8.00. The predicted octanol–water partition coefficient (Wildman–Crippen LogP) is 4.09. The lowest BCUT2D eigenvalue weighted by atomic mass is 10.2. The van der Waals surface area contributed by atoms with Crippen LogP contribution >= 0.6 is 11.8 Å². The Balaban J connectivity index is 1.39. The molecule has 3 aromatic rings. The van der Waals surface area contributed by atoms with E-state index in [-0.39, 0.29) is 36.1 Å². The van der Waals surface area contributed by atoms with Gasteiger partial charge in [-0.2, -0.15) is 0 Å². The number of fused-ring (bicyclic) bond motifs is 1. The molecule has 0 bridgehead atoms. The number of pyridine rings is 1. The molecule has 0 spiro atoms. The number of nitrogens with zero attached hydrogens (tertiary/aromatic N) is 2. The zero-order valence-corrected chi connectivity index (χ0v) is 18.3. The van der Waals surface area contributed by atoms with Crippen LogP contribution in [0.2, 0.25) is 0 Å². The van der Waals surface area contributed by atoms with Gasteiger partial charge in [-0.05, 0) is 30.3 Å². The van der Waals surface area contributed by atoms with Crippen molar-refractivity contribution in [2.45, 2.75) is 11.6 Å². The second kappa shape index (κ2) is 9.86. The summed E-state index contributed by atoms with van der Waals surface area (Å²) in [5.74, 6) is -0.912. The fraction of sp³-hybridized carbons (Fsp3) is 0.174. The van der Waals surface area contributed by atoms with E-state index in [1.165, 1.54) is 24.2 Å². The van der Waals surface area contributed by atoms with Crippen LogP contribution in [0.3, 0.4) is 0 Å². The molecule has 0 saturated carbocycles. The highest BCUT2D eigenvalue weighted by Gasteiger charge is 2.20. The number of hydrogen-bond donors (Lipinski definition) is 1. The molecule has 1 aliphatic rings. The summed E-state index contributed by atoms with van der Waals surface area (Å²) in [6.07, 6.45) is 1.52. The van der Waals surface area contributed by atoms with E-state index in [1.54, 1.807) is 30.3 Å². The van der Waals surface area contributed by atoms with Crippen LogP contribution in [-0.4, -0.2) is 41.3 Å². The van der Waals surface area contributed by atoms with Crippen LogP contribution in [0.15, 0.2) is 59.8 Å². The first-order chi connectivity index (χ1) is 15.9. The molecule has 0 saturated heterocycles. The van der Waals surface area contributed by atoms with Gasteiger partial charge in [0.25, 0.3) is 5.91 Å². The van der Waals surface area contributed by atoms with Crippen molar-refractivity contribution in [3.8, 4) is 11.5 Å². The Kier molecular flexibility index (Phi) is 6.74. The zero-order valence-electron chi connectivity index (χ0n) is 17.5. The highest BCUT2D eigenvalue weighted by atomic mass is 32.2. The Labute approximate surface area is 192 Å². The maximum atomic E-state index is 14.0. The average Bonchev–Trinajstić information content (AvgIpc) is 3.27. The lowest BCUT2D eigenvalue weighted by Crippen LogP contribution is -2.27. The summed E-state index contributed by atoms with van der Waals surface area (Å²) in [6.45, 7) is 0.0931. The van der Waals surface area contributed by atoms with Crippen LogP contribution in [0.5, 0.6) is 11.5 Å². The Morgan fingerprint density at radius 3 is 2.76 bits per heavy atom. The van der Waals surface area contributed by atoms with E-state index in [1.807, 2.05) is 0 Å². The van der Waals surface area contributed by atoms with Crippen molar-refractivity contribution in [3.05, 3.63) is 77.5 Å². The van der Waals surface area contributed by atoms with Gasteiger partial charge < -0.3 is 19.7 Å². The highest BCUT2D eigenvalue weighted by Crippen LogP contribution is 2.34. The lowest BCUT2D eigenvalue weighted by Gasteiger charge is -2.19. The van der Waals surface area contributed by atoms with Gasteiger partial charge in [0, 0.05) is 43.2 Å². The van der Waals surface area contributed by atoms with Gasteiger partial charge in [0.2, 0.25) is 12.7 Å². The molecule has 2 aromatic carbocycles. The first-order valence-electron chi connectivity index (χ1n) is 9.87. The van der Waals surface area contributed by atoms with Crippen molar-refractivity contribution in [2.24, 2.45) is 0 Å². The molecule has 7 nitrogen and oxygen atoms in total. The van der Waals surface area contributed by atoms with Gasteiger partial charge in [0.05, 0.1) is 11.3 Å². The number of carbonyl (C=O) groups excluding carboxylic acids is 2. The molecular weight excluding hydrogens is 452 g/mol. The van der Waals surface area contributed by atoms with Gasteiger partial charge in [-0.3, -0.25) is 9.59 Å². The van der Waals surface area contributed by atoms with Crippen molar-refractivity contribution < 1.29 is 27.8 Å². The van der Waals surface area contributed by atoms with E-state index in [4.69, 9.17) is 9.47 Å². The van der Waals surface area contributed by atoms with Crippen LogP contribution < -0.4 is 14.8 Å². The summed E-state index contributed by atoms with van der Waals surface area (Å²) in [4.78, 5) is 30.9. The van der Waals surface area contributed by atoms with E-state index in [9.17, 15) is 18.4 Å². The number of aromatic nitrogens is 1. The quantitative estimate of drug-likeness (QED) is 0.523. The zero-order chi connectivity index (χ0) is 23.4. The number of rotatable bonds is 7. The molecule has 33 heavy (non-hydrogen) atoms. The summed E-state index contributed by atoms with van der Waals surface area (Å²) in [6, 6.07) is 11.5. The smallest absolute Gasteiger partial charge is 0.256 e. The van der Waals surface area contributed by atoms with E-state index >= 15 is 0 Å². The molecule has 0 aliphatic carbocycles. The van der Waals surface area contributed by atoms with Gasteiger partial charge in [0.15, 0.2) is 11.5 Å². The van der Waals surface area contributed by atoms with Crippen molar-refractivity contribution in [1.29, 1.82) is 0 Å². The lowest BCUT2D eigenvalue weighted by molar-refractivity contribution is -0.113. The monoisotopic (exact) mass is 471 g/mol. The molecular formula is C23H19F2N3O4S. The molecule has 1 N–H and O–H groups in total. The topological polar surface area (TPSA) is 80.8 Å². The van der Waals surface area contributed by atoms with Crippen LogP contribution in [0.4, 0.5) is 14.5 Å².